The minimum absolute atomic E-state index is 0.692. The van der Waals surface area contributed by atoms with Crippen molar-refractivity contribution in [1.29, 1.82) is 0 Å². The van der Waals surface area contributed by atoms with Crippen molar-refractivity contribution in [3.8, 4) is 0 Å². The fraction of sp³-hybridized carbons (Fsp3) is 0.778. The van der Waals surface area contributed by atoms with Gasteiger partial charge in [0.05, 0.1) is 0 Å². The maximum Gasteiger partial charge on any atom is 0.170 e. The van der Waals surface area contributed by atoms with E-state index in [1.807, 2.05) is 11.8 Å². The van der Waals surface area contributed by atoms with Crippen LogP contribution in [0.4, 0.5) is 0 Å². The molecule has 14 heavy (non-hydrogen) atoms. The summed E-state index contributed by atoms with van der Waals surface area (Å²) in [6, 6.07) is 0. The third-order valence-electron chi connectivity index (χ3n) is 2.04. The van der Waals surface area contributed by atoms with E-state index in [1.54, 1.807) is 0 Å². The molecule has 80 valence electrons. The number of aromatic nitrogens is 2. The van der Waals surface area contributed by atoms with Crippen molar-refractivity contribution in [2.45, 2.75) is 31.0 Å². The number of rotatable bonds is 6. The van der Waals surface area contributed by atoms with Gasteiger partial charge in [0, 0.05) is 12.2 Å². The second kappa shape index (κ2) is 6.69. The Balaban J connectivity index is 2.37. The molecule has 0 amide bonds. The van der Waals surface area contributed by atoms with Gasteiger partial charge < -0.3 is 0 Å². The standard InChI is InChI=1S/C9H16N2S3/c1-3-7(5-12)6-13-9-10-8(4-2)11-14-9/h7,12H,3-6H2,1-2H3. The largest absolute Gasteiger partial charge is 0.213 e. The number of nitrogens with zero attached hydrogens (tertiary/aromatic N) is 2. The summed E-state index contributed by atoms with van der Waals surface area (Å²) in [7, 11) is 0. The van der Waals surface area contributed by atoms with Crippen molar-refractivity contribution in [2.75, 3.05) is 11.5 Å². The van der Waals surface area contributed by atoms with Crippen molar-refractivity contribution in [1.82, 2.24) is 9.36 Å². The molecule has 0 aromatic carbocycles. The molecule has 0 radical (unpaired) electrons. The Morgan fingerprint density at radius 3 is 2.79 bits per heavy atom. The number of thioether (sulfide) groups is 1. The minimum atomic E-state index is 0.692. The van der Waals surface area contributed by atoms with E-state index in [-0.39, 0.29) is 0 Å². The molecule has 1 rings (SSSR count). The molecule has 0 spiro atoms. The lowest BCUT2D eigenvalue weighted by Gasteiger charge is -2.08. The first-order valence-corrected chi connectivity index (χ1v) is 7.25. The van der Waals surface area contributed by atoms with Gasteiger partial charge in [-0.15, -0.1) is 0 Å². The molecule has 0 bridgehead atoms. The van der Waals surface area contributed by atoms with Crippen LogP contribution in [0.3, 0.4) is 0 Å². The van der Waals surface area contributed by atoms with E-state index in [0.29, 0.717) is 5.92 Å². The van der Waals surface area contributed by atoms with Crippen LogP contribution in [0.15, 0.2) is 4.34 Å². The third kappa shape index (κ3) is 3.79. The van der Waals surface area contributed by atoms with Gasteiger partial charge in [-0.1, -0.05) is 32.0 Å². The van der Waals surface area contributed by atoms with Gasteiger partial charge in [0.15, 0.2) is 4.34 Å². The molecular formula is C9H16N2S3. The van der Waals surface area contributed by atoms with E-state index >= 15 is 0 Å². The van der Waals surface area contributed by atoms with Crippen LogP contribution in [0, 0.1) is 5.92 Å². The summed E-state index contributed by atoms with van der Waals surface area (Å²) in [4.78, 5) is 4.41. The molecule has 1 atom stereocenters. The lowest BCUT2D eigenvalue weighted by atomic mass is 10.2. The summed E-state index contributed by atoms with van der Waals surface area (Å²) >= 11 is 7.64. The van der Waals surface area contributed by atoms with Gasteiger partial charge in [-0.25, -0.2) is 4.98 Å². The molecule has 1 aromatic rings. The van der Waals surface area contributed by atoms with Crippen LogP contribution >= 0.6 is 35.9 Å². The topological polar surface area (TPSA) is 25.8 Å². The van der Waals surface area contributed by atoms with Crippen molar-refractivity contribution >= 4 is 35.9 Å². The fourth-order valence-corrected chi connectivity index (χ4v) is 3.42. The van der Waals surface area contributed by atoms with E-state index in [2.05, 4.69) is 35.8 Å². The third-order valence-corrected chi connectivity index (χ3v) is 4.66. The van der Waals surface area contributed by atoms with Crippen molar-refractivity contribution in [3.63, 3.8) is 0 Å². The van der Waals surface area contributed by atoms with E-state index in [9.17, 15) is 0 Å². The zero-order valence-corrected chi connectivity index (χ0v) is 11.1. The van der Waals surface area contributed by atoms with Crippen LogP contribution in [0.1, 0.15) is 26.1 Å². The maximum absolute atomic E-state index is 4.41. The lowest BCUT2D eigenvalue weighted by molar-refractivity contribution is 0.649. The molecule has 1 heterocycles. The van der Waals surface area contributed by atoms with Crippen molar-refractivity contribution in [2.24, 2.45) is 5.92 Å². The molecule has 0 saturated heterocycles. The second-order valence-corrected chi connectivity index (χ2v) is 5.48. The Bertz CT molecular complexity index is 258. The molecule has 0 aliphatic carbocycles. The first kappa shape index (κ1) is 12.3. The minimum Gasteiger partial charge on any atom is -0.213 e. The van der Waals surface area contributed by atoms with E-state index < -0.39 is 0 Å². The zero-order chi connectivity index (χ0) is 10.4. The van der Waals surface area contributed by atoms with Gasteiger partial charge in [-0.05, 0) is 23.2 Å². The molecule has 0 aliphatic rings. The molecule has 0 fully saturated rings. The summed E-state index contributed by atoms with van der Waals surface area (Å²) < 4.78 is 5.35. The highest BCUT2D eigenvalue weighted by atomic mass is 32.2. The summed E-state index contributed by atoms with van der Waals surface area (Å²) in [6.07, 6.45) is 2.12. The van der Waals surface area contributed by atoms with Crippen LogP contribution in [0.25, 0.3) is 0 Å². The highest BCUT2D eigenvalue weighted by Crippen LogP contribution is 2.24. The number of hydrogen-bond donors (Lipinski definition) is 1. The molecular weight excluding hydrogens is 232 g/mol. The Kier molecular flexibility index (Phi) is 5.89. The highest BCUT2D eigenvalue weighted by molar-refractivity contribution is 8.00. The first-order chi connectivity index (χ1) is 6.80. The summed E-state index contributed by atoms with van der Waals surface area (Å²) in [5.74, 6) is 3.73. The Labute approximate surface area is 99.5 Å². The summed E-state index contributed by atoms with van der Waals surface area (Å²) in [6.45, 7) is 4.29. The lowest BCUT2D eigenvalue weighted by Crippen LogP contribution is -2.03. The molecule has 0 N–H and O–H groups in total. The Morgan fingerprint density at radius 2 is 2.29 bits per heavy atom. The molecule has 0 saturated carbocycles. The number of thiol groups is 1. The summed E-state index contributed by atoms with van der Waals surface area (Å²) in [5, 5.41) is 0. The van der Waals surface area contributed by atoms with Crippen molar-refractivity contribution in [3.05, 3.63) is 5.82 Å². The van der Waals surface area contributed by atoms with Gasteiger partial charge in [-0.2, -0.15) is 17.0 Å². The van der Waals surface area contributed by atoms with Crippen LogP contribution < -0.4 is 0 Å². The Morgan fingerprint density at radius 1 is 1.50 bits per heavy atom. The van der Waals surface area contributed by atoms with Gasteiger partial charge in [0.25, 0.3) is 0 Å². The van der Waals surface area contributed by atoms with Gasteiger partial charge >= 0.3 is 0 Å². The first-order valence-electron chi connectivity index (χ1n) is 4.86. The average Bonchev–Trinajstić information content (AvgIpc) is 2.67. The van der Waals surface area contributed by atoms with Gasteiger partial charge in [-0.3, -0.25) is 0 Å². The SMILES string of the molecule is CCc1nsc(SCC(CC)CS)n1. The van der Waals surface area contributed by atoms with Gasteiger partial charge in [0.2, 0.25) is 0 Å². The maximum atomic E-state index is 4.41. The normalized spacial score (nSPS) is 13.1. The monoisotopic (exact) mass is 248 g/mol. The second-order valence-electron chi connectivity index (χ2n) is 3.10. The highest BCUT2D eigenvalue weighted by Gasteiger charge is 2.07. The molecule has 2 nitrogen and oxygen atoms in total. The average molecular weight is 248 g/mol. The van der Waals surface area contributed by atoms with Crippen LogP contribution in [-0.2, 0) is 6.42 Å². The Hall–Kier alpha value is 0.260. The van der Waals surface area contributed by atoms with Crippen molar-refractivity contribution < 1.29 is 0 Å². The molecule has 1 aromatic heterocycles. The predicted molar refractivity (Wildman–Crippen MR) is 67.6 cm³/mol. The number of aryl methyl sites for hydroxylation is 1. The van der Waals surface area contributed by atoms with E-state index in [0.717, 1.165) is 28.1 Å². The van der Waals surface area contributed by atoms with Crippen LogP contribution in [0.2, 0.25) is 0 Å². The number of hydrogen-bond acceptors (Lipinski definition) is 5. The zero-order valence-electron chi connectivity index (χ0n) is 8.56. The van der Waals surface area contributed by atoms with Crippen LogP contribution in [-0.4, -0.2) is 20.9 Å². The molecule has 0 aliphatic heterocycles. The molecule has 5 heteroatoms. The quantitative estimate of drug-likeness (QED) is 0.618. The summed E-state index contributed by atoms with van der Waals surface area (Å²) in [5.41, 5.74) is 0. The predicted octanol–water partition coefficient (Wildman–Crippen LogP) is 3.15. The van der Waals surface area contributed by atoms with Gasteiger partial charge in [0.1, 0.15) is 5.82 Å². The fourth-order valence-electron chi connectivity index (χ4n) is 0.929. The van der Waals surface area contributed by atoms with E-state index in [1.165, 1.54) is 18.0 Å². The smallest absolute Gasteiger partial charge is 0.170 e. The molecule has 1 unspecified atom stereocenters. The van der Waals surface area contributed by atoms with Crippen LogP contribution in [0.5, 0.6) is 0 Å². The van der Waals surface area contributed by atoms with E-state index in [4.69, 9.17) is 0 Å².